The lowest BCUT2D eigenvalue weighted by Gasteiger charge is -2.16. The summed E-state index contributed by atoms with van der Waals surface area (Å²) in [6.07, 6.45) is 0.412. The number of rotatable bonds is 9. The molecule has 0 aliphatic carbocycles. The maximum Gasteiger partial charge on any atom is 0.407 e. The van der Waals surface area contributed by atoms with E-state index in [1.807, 2.05) is 6.92 Å². The molecule has 0 aromatic heterocycles. The number of amidine groups is 1. The number of hydrogen-bond acceptors (Lipinski definition) is 5. The average molecular weight is 363 g/mol. The summed E-state index contributed by atoms with van der Waals surface area (Å²) in [6.45, 7) is 1.91. The zero-order valence-corrected chi connectivity index (χ0v) is 14.9. The fourth-order valence-corrected chi connectivity index (χ4v) is 2.16. The predicted molar refractivity (Wildman–Crippen MR) is 96.6 cm³/mol. The summed E-state index contributed by atoms with van der Waals surface area (Å²) in [7, 11) is 1.21. The van der Waals surface area contributed by atoms with Crippen molar-refractivity contribution in [3.63, 3.8) is 0 Å². The van der Waals surface area contributed by atoms with E-state index in [1.165, 1.54) is 7.11 Å². The van der Waals surface area contributed by atoms with Crippen LogP contribution in [0.3, 0.4) is 0 Å². The Kier molecular flexibility index (Phi) is 8.62. The van der Waals surface area contributed by atoms with Crippen molar-refractivity contribution >= 4 is 23.7 Å². The minimum Gasteiger partial charge on any atom is -0.453 e. The van der Waals surface area contributed by atoms with E-state index < -0.39 is 18.0 Å². The first kappa shape index (κ1) is 20.9. The van der Waals surface area contributed by atoms with E-state index in [9.17, 15) is 14.4 Å². The third kappa shape index (κ3) is 7.20. The smallest absolute Gasteiger partial charge is 0.407 e. The van der Waals surface area contributed by atoms with Crippen LogP contribution >= 0.6 is 0 Å². The first-order chi connectivity index (χ1) is 12.4. The van der Waals surface area contributed by atoms with Crippen LogP contribution in [-0.2, 0) is 20.9 Å². The van der Waals surface area contributed by atoms with Gasteiger partial charge < -0.3 is 26.4 Å². The molecule has 0 aliphatic heterocycles. The third-order valence-electron chi connectivity index (χ3n) is 3.52. The Bertz CT molecular complexity index is 662. The lowest BCUT2D eigenvalue weighted by molar-refractivity contribution is -0.127. The highest BCUT2D eigenvalue weighted by molar-refractivity contribution is 5.95. The number of nitrogen functional groups attached to an aromatic ring is 1. The molecule has 0 aliphatic rings. The van der Waals surface area contributed by atoms with Crippen LogP contribution in [0.15, 0.2) is 24.3 Å². The van der Waals surface area contributed by atoms with E-state index in [0.29, 0.717) is 18.4 Å². The molecule has 0 bridgehead atoms. The van der Waals surface area contributed by atoms with Gasteiger partial charge in [0.2, 0.25) is 11.8 Å². The van der Waals surface area contributed by atoms with Crippen molar-refractivity contribution in [2.45, 2.75) is 32.4 Å². The fraction of sp³-hybridized carbons (Fsp3) is 0.412. The van der Waals surface area contributed by atoms with Gasteiger partial charge in [-0.25, -0.2) is 4.79 Å². The second-order valence-corrected chi connectivity index (χ2v) is 5.59. The normalized spacial score (nSPS) is 11.2. The molecule has 26 heavy (non-hydrogen) atoms. The van der Waals surface area contributed by atoms with Crippen molar-refractivity contribution in [1.29, 1.82) is 5.41 Å². The van der Waals surface area contributed by atoms with Gasteiger partial charge in [-0.1, -0.05) is 31.5 Å². The second-order valence-electron chi connectivity index (χ2n) is 5.59. The average Bonchev–Trinajstić information content (AvgIpc) is 2.64. The van der Waals surface area contributed by atoms with Gasteiger partial charge in [-0.15, -0.1) is 0 Å². The number of hydrogen-bond donors (Lipinski definition) is 5. The molecule has 0 heterocycles. The van der Waals surface area contributed by atoms with Crippen molar-refractivity contribution in [3.05, 3.63) is 35.4 Å². The largest absolute Gasteiger partial charge is 0.453 e. The van der Waals surface area contributed by atoms with E-state index in [4.69, 9.17) is 11.1 Å². The first-order valence-corrected chi connectivity index (χ1v) is 8.19. The summed E-state index contributed by atoms with van der Waals surface area (Å²) in [5.41, 5.74) is 6.78. The van der Waals surface area contributed by atoms with Gasteiger partial charge in [0, 0.05) is 12.1 Å². The van der Waals surface area contributed by atoms with Crippen molar-refractivity contribution < 1.29 is 19.1 Å². The van der Waals surface area contributed by atoms with E-state index in [-0.39, 0.29) is 24.8 Å². The molecule has 142 valence electrons. The van der Waals surface area contributed by atoms with E-state index >= 15 is 0 Å². The van der Waals surface area contributed by atoms with Crippen LogP contribution in [-0.4, -0.2) is 43.4 Å². The Morgan fingerprint density at radius 1 is 1.27 bits per heavy atom. The molecule has 1 unspecified atom stereocenters. The van der Waals surface area contributed by atoms with Crippen LogP contribution in [0.2, 0.25) is 0 Å². The number of ether oxygens (including phenoxy) is 1. The van der Waals surface area contributed by atoms with Gasteiger partial charge in [-0.3, -0.25) is 15.0 Å². The predicted octanol–water partition coefficient (Wildman–Crippen LogP) is 0.228. The van der Waals surface area contributed by atoms with Crippen LogP contribution in [0.5, 0.6) is 0 Å². The molecule has 0 fully saturated rings. The highest BCUT2D eigenvalue weighted by Crippen LogP contribution is 2.04. The van der Waals surface area contributed by atoms with Crippen LogP contribution in [0, 0.1) is 5.41 Å². The number of carbonyl (C=O) groups excluding carboxylic acids is 3. The second kappa shape index (κ2) is 10.7. The van der Waals surface area contributed by atoms with Gasteiger partial charge >= 0.3 is 6.09 Å². The van der Waals surface area contributed by atoms with Gasteiger partial charge in [-0.2, -0.15) is 0 Å². The quantitative estimate of drug-likeness (QED) is 0.315. The summed E-state index contributed by atoms with van der Waals surface area (Å²) in [6, 6.07) is 6.19. The first-order valence-electron chi connectivity index (χ1n) is 8.19. The zero-order valence-electron chi connectivity index (χ0n) is 14.9. The van der Waals surface area contributed by atoms with Crippen LogP contribution in [0.1, 0.15) is 30.9 Å². The number of carbonyl (C=O) groups is 3. The Morgan fingerprint density at radius 3 is 2.62 bits per heavy atom. The summed E-state index contributed by atoms with van der Waals surface area (Å²) in [5.74, 6) is -0.878. The molecule has 9 heteroatoms. The maximum absolute atomic E-state index is 12.1. The molecule has 1 aromatic rings. The van der Waals surface area contributed by atoms with Gasteiger partial charge in [0.1, 0.15) is 11.9 Å². The Morgan fingerprint density at radius 2 is 2.00 bits per heavy atom. The lowest BCUT2D eigenvalue weighted by atomic mass is 10.1. The standard InChI is InChI=1S/C17H25N5O4/c1-3-5-13(22-17(25)26-2)16(24)21-10-14(23)20-9-11-6-4-7-12(8-11)15(18)19/h4,6-8,13H,3,5,9-10H2,1-2H3,(H3,18,19)(H,20,23)(H,21,24)(H,22,25). The molecule has 1 aromatic carbocycles. The van der Waals surface area contributed by atoms with Gasteiger partial charge in [0.25, 0.3) is 0 Å². The Hall–Kier alpha value is -3.10. The number of benzene rings is 1. The minimum absolute atomic E-state index is 0.0505. The lowest BCUT2D eigenvalue weighted by Crippen LogP contribution is -2.48. The van der Waals surface area contributed by atoms with Crippen LogP contribution < -0.4 is 21.7 Å². The molecule has 6 N–H and O–H groups in total. The number of amides is 3. The molecular weight excluding hydrogens is 338 g/mol. The number of methoxy groups -OCH3 is 1. The van der Waals surface area contributed by atoms with E-state index in [1.54, 1.807) is 24.3 Å². The third-order valence-corrected chi connectivity index (χ3v) is 3.52. The van der Waals surface area contributed by atoms with Gasteiger partial charge in [0.15, 0.2) is 0 Å². The number of nitrogens with one attached hydrogen (secondary N) is 4. The molecule has 0 saturated heterocycles. The summed E-state index contributed by atoms with van der Waals surface area (Å²) in [4.78, 5) is 35.2. The zero-order chi connectivity index (χ0) is 19.5. The van der Waals surface area contributed by atoms with E-state index in [0.717, 1.165) is 5.56 Å². The molecule has 1 atom stereocenters. The van der Waals surface area contributed by atoms with Gasteiger partial charge in [0.05, 0.1) is 13.7 Å². The molecule has 3 amide bonds. The minimum atomic E-state index is -0.757. The van der Waals surface area contributed by atoms with Crippen molar-refractivity contribution in [2.75, 3.05) is 13.7 Å². The van der Waals surface area contributed by atoms with Crippen LogP contribution in [0.25, 0.3) is 0 Å². The summed E-state index contributed by atoms with van der Waals surface area (Å²) in [5, 5.41) is 15.0. The monoisotopic (exact) mass is 363 g/mol. The van der Waals surface area contributed by atoms with E-state index in [2.05, 4.69) is 20.7 Å². The summed E-state index contributed by atoms with van der Waals surface area (Å²) >= 11 is 0. The van der Waals surface area contributed by atoms with Crippen LogP contribution in [0.4, 0.5) is 4.79 Å². The SMILES string of the molecule is CCCC(NC(=O)OC)C(=O)NCC(=O)NCc1cccc(C(=N)N)c1. The molecule has 1 rings (SSSR count). The fourth-order valence-electron chi connectivity index (χ4n) is 2.16. The van der Waals surface area contributed by atoms with Gasteiger partial charge in [-0.05, 0) is 18.1 Å². The summed E-state index contributed by atoms with van der Waals surface area (Å²) < 4.78 is 4.48. The highest BCUT2D eigenvalue weighted by atomic mass is 16.5. The molecule has 0 spiro atoms. The van der Waals surface area contributed by atoms with Crippen molar-refractivity contribution in [1.82, 2.24) is 16.0 Å². The molecule has 0 saturated carbocycles. The molecular formula is C17H25N5O4. The number of nitrogens with two attached hydrogens (primary N) is 1. The molecule has 0 radical (unpaired) electrons. The molecule has 9 nitrogen and oxygen atoms in total. The topological polar surface area (TPSA) is 146 Å². The number of alkyl carbamates (subject to hydrolysis) is 1. The Balaban J connectivity index is 2.47. The van der Waals surface area contributed by atoms with Crippen molar-refractivity contribution in [2.24, 2.45) is 5.73 Å². The maximum atomic E-state index is 12.1. The highest BCUT2D eigenvalue weighted by Gasteiger charge is 2.20. The van der Waals surface area contributed by atoms with Crippen molar-refractivity contribution in [3.8, 4) is 0 Å². The Labute approximate surface area is 152 Å².